The average molecular weight is 257 g/mol. The lowest BCUT2D eigenvalue weighted by molar-refractivity contribution is -0.138. The van der Waals surface area contributed by atoms with Crippen LogP contribution in [0.25, 0.3) is 0 Å². The summed E-state index contributed by atoms with van der Waals surface area (Å²) in [6.07, 6.45) is 10.0. The molecule has 0 N–H and O–H groups in total. The van der Waals surface area contributed by atoms with Gasteiger partial charge in [0.05, 0.1) is 5.57 Å². The average Bonchev–Trinajstić information content (AvgIpc) is 2.58. The number of rotatable bonds is 0. The van der Waals surface area contributed by atoms with Crippen molar-refractivity contribution in [1.82, 2.24) is 4.90 Å². The molecule has 100 valence electrons. The van der Waals surface area contributed by atoms with Crippen LogP contribution >= 0.6 is 0 Å². The molecule has 2 heterocycles. The van der Waals surface area contributed by atoms with Crippen molar-refractivity contribution in [2.45, 2.75) is 25.9 Å². The van der Waals surface area contributed by atoms with Gasteiger partial charge in [-0.05, 0) is 32.4 Å². The first kappa shape index (κ1) is 12.4. The van der Waals surface area contributed by atoms with Crippen molar-refractivity contribution < 1.29 is 9.53 Å². The first-order valence-electron chi connectivity index (χ1n) is 6.87. The molecule has 0 amide bonds. The van der Waals surface area contributed by atoms with Crippen molar-refractivity contribution in [1.29, 1.82) is 0 Å². The molecule has 0 radical (unpaired) electrons. The summed E-state index contributed by atoms with van der Waals surface area (Å²) >= 11 is 0. The minimum absolute atomic E-state index is 0.125. The maximum absolute atomic E-state index is 12.1. The fourth-order valence-corrected chi connectivity index (χ4v) is 2.94. The van der Waals surface area contributed by atoms with Gasteiger partial charge >= 0.3 is 5.97 Å². The number of carbonyl (C=O) groups excluding carboxylic acids is 1. The lowest BCUT2D eigenvalue weighted by Gasteiger charge is -2.25. The Labute approximate surface area is 113 Å². The molecule has 3 rings (SSSR count). The standard InChI is InChI=1S/C16H19NO2/c1-11-13-5-3-4-6-14(15(13)16(18)19-11)12-7-9-17(2)10-8-12/h3-6,11H,7-10H2,1-2H3. The number of carbonyl (C=O) groups is 1. The predicted molar refractivity (Wildman–Crippen MR) is 74.6 cm³/mol. The molecular weight excluding hydrogens is 238 g/mol. The summed E-state index contributed by atoms with van der Waals surface area (Å²) in [7, 11) is 2.14. The second-order valence-corrected chi connectivity index (χ2v) is 5.42. The summed E-state index contributed by atoms with van der Waals surface area (Å²) in [5.74, 6) is -0.167. The third kappa shape index (κ3) is 2.19. The second kappa shape index (κ2) is 4.82. The van der Waals surface area contributed by atoms with E-state index >= 15 is 0 Å². The van der Waals surface area contributed by atoms with E-state index < -0.39 is 0 Å². The van der Waals surface area contributed by atoms with Crippen LogP contribution in [-0.4, -0.2) is 37.1 Å². The van der Waals surface area contributed by atoms with Crippen LogP contribution in [0.4, 0.5) is 0 Å². The molecule has 0 bridgehead atoms. The third-order valence-corrected chi connectivity index (χ3v) is 4.11. The van der Waals surface area contributed by atoms with Gasteiger partial charge in [0.15, 0.2) is 0 Å². The summed E-state index contributed by atoms with van der Waals surface area (Å²) < 4.78 is 5.36. The SMILES string of the molecule is CC1OC(=O)C2=C1C=CC=CC2=C1CCN(C)CC1. The highest BCUT2D eigenvalue weighted by atomic mass is 16.5. The molecule has 3 nitrogen and oxygen atoms in total. The van der Waals surface area contributed by atoms with E-state index in [4.69, 9.17) is 4.74 Å². The van der Waals surface area contributed by atoms with E-state index in [1.54, 1.807) is 0 Å². The van der Waals surface area contributed by atoms with Gasteiger partial charge < -0.3 is 9.64 Å². The minimum Gasteiger partial charge on any atom is -0.454 e. The Morgan fingerprint density at radius 3 is 2.63 bits per heavy atom. The monoisotopic (exact) mass is 257 g/mol. The van der Waals surface area contributed by atoms with E-state index in [9.17, 15) is 4.79 Å². The van der Waals surface area contributed by atoms with E-state index in [0.717, 1.165) is 42.7 Å². The van der Waals surface area contributed by atoms with E-state index in [1.165, 1.54) is 5.57 Å². The molecule has 0 saturated carbocycles. The van der Waals surface area contributed by atoms with Gasteiger partial charge in [-0.1, -0.05) is 29.9 Å². The smallest absolute Gasteiger partial charge is 0.339 e. The molecule has 3 heteroatoms. The van der Waals surface area contributed by atoms with Gasteiger partial charge in [0.1, 0.15) is 6.10 Å². The van der Waals surface area contributed by atoms with E-state index in [1.807, 2.05) is 25.2 Å². The van der Waals surface area contributed by atoms with E-state index in [2.05, 4.69) is 18.0 Å². The maximum Gasteiger partial charge on any atom is 0.339 e. The topological polar surface area (TPSA) is 29.5 Å². The zero-order chi connectivity index (χ0) is 13.4. The third-order valence-electron chi connectivity index (χ3n) is 4.11. The Morgan fingerprint density at radius 1 is 1.21 bits per heavy atom. The van der Waals surface area contributed by atoms with E-state index in [-0.39, 0.29) is 12.1 Å². The van der Waals surface area contributed by atoms with Crippen molar-refractivity contribution in [2.75, 3.05) is 20.1 Å². The molecule has 1 unspecified atom stereocenters. The van der Waals surface area contributed by atoms with Crippen LogP contribution in [0.5, 0.6) is 0 Å². The number of cyclic esters (lactones) is 1. The van der Waals surface area contributed by atoms with Gasteiger partial charge in [0.2, 0.25) is 0 Å². The number of hydrogen-bond donors (Lipinski definition) is 0. The van der Waals surface area contributed by atoms with Gasteiger partial charge in [-0.15, -0.1) is 0 Å². The number of nitrogens with zero attached hydrogens (tertiary/aromatic N) is 1. The molecule has 1 saturated heterocycles. The molecule has 2 aliphatic heterocycles. The predicted octanol–water partition coefficient (Wildman–Crippen LogP) is 2.38. The number of hydrogen-bond acceptors (Lipinski definition) is 3. The fraction of sp³-hybridized carbons (Fsp3) is 0.438. The Morgan fingerprint density at radius 2 is 1.89 bits per heavy atom. The van der Waals surface area contributed by atoms with Crippen molar-refractivity contribution in [3.63, 3.8) is 0 Å². The van der Waals surface area contributed by atoms with Crippen LogP contribution < -0.4 is 0 Å². The summed E-state index contributed by atoms with van der Waals surface area (Å²) in [6, 6.07) is 0. The summed E-state index contributed by atoms with van der Waals surface area (Å²) in [5, 5.41) is 0. The van der Waals surface area contributed by atoms with Crippen molar-refractivity contribution >= 4 is 5.97 Å². The number of ether oxygens (including phenoxy) is 1. The zero-order valence-corrected chi connectivity index (χ0v) is 11.5. The molecule has 19 heavy (non-hydrogen) atoms. The summed E-state index contributed by atoms with van der Waals surface area (Å²) in [5.41, 5.74) is 4.30. The largest absolute Gasteiger partial charge is 0.454 e. The molecule has 1 atom stereocenters. The number of esters is 1. The second-order valence-electron chi connectivity index (χ2n) is 5.42. The molecule has 1 aliphatic carbocycles. The first-order chi connectivity index (χ1) is 9.16. The van der Waals surface area contributed by atoms with Crippen LogP contribution in [0.15, 0.2) is 46.6 Å². The highest BCUT2D eigenvalue weighted by molar-refractivity contribution is 5.99. The number of likely N-dealkylation sites (tertiary alicyclic amines) is 1. The molecule has 1 fully saturated rings. The molecule has 0 aromatic rings. The minimum atomic E-state index is -0.167. The number of piperidine rings is 1. The zero-order valence-electron chi connectivity index (χ0n) is 11.5. The Bertz CT molecular complexity index is 527. The first-order valence-corrected chi connectivity index (χ1v) is 6.87. The van der Waals surface area contributed by atoms with E-state index in [0.29, 0.717) is 0 Å². The Hall–Kier alpha value is -1.61. The van der Waals surface area contributed by atoms with Crippen LogP contribution in [-0.2, 0) is 9.53 Å². The van der Waals surface area contributed by atoms with Crippen molar-refractivity contribution in [3.05, 3.63) is 46.6 Å². The maximum atomic E-state index is 12.1. The number of allylic oxidation sites excluding steroid dienone is 3. The normalized spacial score (nSPS) is 27.7. The van der Waals surface area contributed by atoms with Crippen molar-refractivity contribution in [3.8, 4) is 0 Å². The fourth-order valence-electron chi connectivity index (χ4n) is 2.94. The highest BCUT2D eigenvalue weighted by Crippen LogP contribution is 2.35. The quantitative estimate of drug-likeness (QED) is 0.624. The van der Waals surface area contributed by atoms with Gasteiger partial charge in [-0.2, -0.15) is 0 Å². The summed E-state index contributed by atoms with van der Waals surface area (Å²) in [4.78, 5) is 14.4. The molecule has 0 aromatic carbocycles. The van der Waals surface area contributed by atoms with Gasteiger partial charge in [0, 0.05) is 18.7 Å². The lowest BCUT2D eigenvalue weighted by Crippen LogP contribution is -2.27. The Kier molecular flexibility index (Phi) is 3.15. The highest BCUT2D eigenvalue weighted by Gasteiger charge is 2.33. The Balaban J connectivity index is 2.05. The molecule has 3 aliphatic rings. The molecular formula is C16H19NO2. The van der Waals surface area contributed by atoms with Gasteiger partial charge in [-0.25, -0.2) is 4.79 Å². The van der Waals surface area contributed by atoms with Crippen LogP contribution in [0.1, 0.15) is 19.8 Å². The van der Waals surface area contributed by atoms with Crippen LogP contribution in [0.2, 0.25) is 0 Å². The molecule has 0 aromatic heterocycles. The van der Waals surface area contributed by atoms with Crippen LogP contribution in [0.3, 0.4) is 0 Å². The summed E-state index contributed by atoms with van der Waals surface area (Å²) in [6.45, 7) is 4.06. The van der Waals surface area contributed by atoms with Crippen molar-refractivity contribution in [2.24, 2.45) is 0 Å². The van der Waals surface area contributed by atoms with Gasteiger partial charge in [0.25, 0.3) is 0 Å². The van der Waals surface area contributed by atoms with Gasteiger partial charge in [-0.3, -0.25) is 0 Å². The van der Waals surface area contributed by atoms with Crippen LogP contribution in [0, 0.1) is 0 Å². The lowest BCUT2D eigenvalue weighted by atomic mass is 9.91. The molecule has 0 spiro atoms.